The summed E-state index contributed by atoms with van der Waals surface area (Å²) in [6, 6.07) is 7.69. The van der Waals surface area contributed by atoms with Gasteiger partial charge in [-0.25, -0.2) is 0 Å². The lowest BCUT2D eigenvalue weighted by molar-refractivity contribution is -0.0326. The Kier molecular flexibility index (Phi) is 4.96. The SMILES string of the molecule is COc1cccc(C#C[C@]2(O)C[C@H](C)CC[C@H]2C(C)C)c1. The van der Waals surface area contributed by atoms with Crippen molar-refractivity contribution in [3.63, 3.8) is 0 Å². The van der Waals surface area contributed by atoms with Crippen molar-refractivity contribution in [2.24, 2.45) is 17.8 Å². The topological polar surface area (TPSA) is 29.5 Å². The van der Waals surface area contributed by atoms with Gasteiger partial charge in [-0.2, -0.15) is 0 Å². The summed E-state index contributed by atoms with van der Waals surface area (Å²) in [6.45, 7) is 6.56. The second kappa shape index (κ2) is 6.54. The molecular weight excluding hydrogens is 260 g/mol. The van der Waals surface area contributed by atoms with Crippen LogP contribution in [0.2, 0.25) is 0 Å². The van der Waals surface area contributed by atoms with E-state index in [1.807, 2.05) is 24.3 Å². The molecule has 0 amide bonds. The van der Waals surface area contributed by atoms with Gasteiger partial charge in [0.15, 0.2) is 0 Å². The second-order valence-corrected chi connectivity index (χ2v) is 6.64. The number of hydrogen-bond acceptors (Lipinski definition) is 2. The van der Waals surface area contributed by atoms with Gasteiger partial charge in [-0.3, -0.25) is 0 Å². The minimum absolute atomic E-state index is 0.256. The van der Waals surface area contributed by atoms with Gasteiger partial charge in [0.1, 0.15) is 11.4 Å². The Morgan fingerprint density at radius 1 is 1.33 bits per heavy atom. The molecule has 2 rings (SSSR count). The number of ether oxygens (including phenoxy) is 1. The summed E-state index contributed by atoms with van der Waals surface area (Å²) in [7, 11) is 1.65. The molecule has 1 aromatic carbocycles. The average Bonchev–Trinajstić information content (AvgIpc) is 2.45. The van der Waals surface area contributed by atoms with Gasteiger partial charge in [-0.1, -0.05) is 45.1 Å². The lowest BCUT2D eigenvalue weighted by Gasteiger charge is -2.41. The Hall–Kier alpha value is -1.46. The van der Waals surface area contributed by atoms with E-state index >= 15 is 0 Å². The molecular formula is C19H26O2. The molecule has 0 heterocycles. The fraction of sp³-hybridized carbons (Fsp3) is 0.579. The maximum atomic E-state index is 11.1. The normalized spacial score (nSPS) is 28.9. The third-order valence-electron chi connectivity index (χ3n) is 4.54. The maximum absolute atomic E-state index is 11.1. The Labute approximate surface area is 128 Å². The molecule has 114 valence electrons. The van der Waals surface area contributed by atoms with E-state index in [-0.39, 0.29) is 5.92 Å². The fourth-order valence-electron chi connectivity index (χ4n) is 3.40. The average molecular weight is 286 g/mol. The summed E-state index contributed by atoms with van der Waals surface area (Å²) in [4.78, 5) is 0. The minimum Gasteiger partial charge on any atom is -0.497 e. The van der Waals surface area contributed by atoms with Crippen LogP contribution >= 0.6 is 0 Å². The highest BCUT2D eigenvalue weighted by atomic mass is 16.5. The van der Waals surface area contributed by atoms with Crippen LogP contribution in [0.15, 0.2) is 24.3 Å². The molecule has 0 aliphatic heterocycles. The monoisotopic (exact) mass is 286 g/mol. The quantitative estimate of drug-likeness (QED) is 0.836. The van der Waals surface area contributed by atoms with Gasteiger partial charge in [0.25, 0.3) is 0 Å². The number of hydrogen-bond donors (Lipinski definition) is 1. The summed E-state index contributed by atoms with van der Waals surface area (Å²) >= 11 is 0. The predicted molar refractivity (Wildman–Crippen MR) is 86.2 cm³/mol. The summed E-state index contributed by atoms with van der Waals surface area (Å²) in [6.07, 6.45) is 3.01. The van der Waals surface area contributed by atoms with Crippen molar-refractivity contribution in [3.05, 3.63) is 29.8 Å². The highest BCUT2D eigenvalue weighted by Gasteiger charge is 2.41. The first-order valence-corrected chi connectivity index (χ1v) is 7.84. The van der Waals surface area contributed by atoms with Crippen LogP contribution in [-0.4, -0.2) is 17.8 Å². The third kappa shape index (κ3) is 3.80. The lowest BCUT2D eigenvalue weighted by atomic mass is 9.67. The van der Waals surface area contributed by atoms with Gasteiger partial charge in [-0.15, -0.1) is 0 Å². The summed E-state index contributed by atoms with van der Waals surface area (Å²) < 4.78 is 5.22. The van der Waals surface area contributed by atoms with E-state index in [0.29, 0.717) is 11.8 Å². The zero-order valence-electron chi connectivity index (χ0n) is 13.5. The van der Waals surface area contributed by atoms with Crippen molar-refractivity contribution >= 4 is 0 Å². The summed E-state index contributed by atoms with van der Waals surface area (Å²) in [5.74, 6) is 8.36. The number of methoxy groups -OCH3 is 1. The van der Waals surface area contributed by atoms with Gasteiger partial charge >= 0.3 is 0 Å². The zero-order valence-corrected chi connectivity index (χ0v) is 13.5. The molecule has 0 saturated heterocycles. The lowest BCUT2D eigenvalue weighted by Crippen LogP contribution is -2.44. The molecule has 1 fully saturated rings. The molecule has 1 aliphatic rings. The Morgan fingerprint density at radius 2 is 2.10 bits per heavy atom. The van der Waals surface area contributed by atoms with Crippen LogP contribution in [0.3, 0.4) is 0 Å². The largest absolute Gasteiger partial charge is 0.497 e. The first-order valence-electron chi connectivity index (χ1n) is 7.84. The van der Waals surface area contributed by atoms with Crippen LogP contribution in [-0.2, 0) is 0 Å². The molecule has 2 heteroatoms. The molecule has 3 atom stereocenters. The highest BCUT2D eigenvalue weighted by Crippen LogP contribution is 2.40. The molecule has 1 saturated carbocycles. The van der Waals surface area contributed by atoms with Crippen LogP contribution in [0, 0.1) is 29.6 Å². The molecule has 1 aliphatic carbocycles. The molecule has 1 aromatic rings. The van der Waals surface area contributed by atoms with Crippen LogP contribution in [0.25, 0.3) is 0 Å². The van der Waals surface area contributed by atoms with Crippen LogP contribution < -0.4 is 4.74 Å². The van der Waals surface area contributed by atoms with Crippen molar-refractivity contribution in [2.75, 3.05) is 7.11 Å². The van der Waals surface area contributed by atoms with Crippen molar-refractivity contribution in [1.29, 1.82) is 0 Å². The van der Waals surface area contributed by atoms with Gasteiger partial charge < -0.3 is 9.84 Å². The Bertz CT molecular complexity index is 538. The van der Waals surface area contributed by atoms with Crippen molar-refractivity contribution < 1.29 is 9.84 Å². The van der Waals surface area contributed by atoms with Crippen molar-refractivity contribution in [1.82, 2.24) is 0 Å². The summed E-state index contributed by atoms with van der Waals surface area (Å²) in [5, 5.41) is 11.1. The molecule has 0 spiro atoms. The molecule has 0 radical (unpaired) electrons. The minimum atomic E-state index is -0.866. The van der Waals surface area contributed by atoms with Crippen LogP contribution in [0.1, 0.15) is 45.6 Å². The van der Waals surface area contributed by atoms with E-state index in [4.69, 9.17) is 4.74 Å². The zero-order chi connectivity index (χ0) is 15.5. The number of aliphatic hydroxyl groups is 1. The van der Waals surface area contributed by atoms with E-state index in [1.165, 1.54) is 6.42 Å². The summed E-state index contributed by atoms with van der Waals surface area (Å²) in [5.41, 5.74) is 0.0260. The van der Waals surface area contributed by atoms with Gasteiger partial charge in [-0.05, 0) is 42.9 Å². The smallest absolute Gasteiger partial charge is 0.129 e. The van der Waals surface area contributed by atoms with Crippen LogP contribution in [0.5, 0.6) is 5.75 Å². The third-order valence-corrected chi connectivity index (χ3v) is 4.54. The van der Waals surface area contributed by atoms with Crippen LogP contribution in [0.4, 0.5) is 0 Å². The highest BCUT2D eigenvalue weighted by molar-refractivity contribution is 5.41. The Balaban J connectivity index is 2.27. The van der Waals surface area contributed by atoms with Crippen molar-refractivity contribution in [2.45, 2.75) is 45.6 Å². The molecule has 2 nitrogen and oxygen atoms in total. The predicted octanol–water partition coefficient (Wildman–Crippen LogP) is 3.87. The Morgan fingerprint density at radius 3 is 2.76 bits per heavy atom. The van der Waals surface area contributed by atoms with E-state index in [0.717, 1.165) is 24.2 Å². The molecule has 0 bridgehead atoms. The van der Waals surface area contributed by atoms with Crippen molar-refractivity contribution in [3.8, 4) is 17.6 Å². The van der Waals surface area contributed by atoms with E-state index in [2.05, 4.69) is 32.6 Å². The maximum Gasteiger partial charge on any atom is 0.129 e. The molecule has 0 aromatic heterocycles. The van der Waals surface area contributed by atoms with Gasteiger partial charge in [0.05, 0.1) is 7.11 Å². The standard InChI is InChI=1S/C19H26O2/c1-14(2)18-9-8-15(3)13-19(18,20)11-10-16-6-5-7-17(12-16)21-4/h5-7,12,14-15,18,20H,8-9,13H2,1-4H3/t15-,18+,19+/m1/s1. The number of rotatable bonds is 2. The van der Waals surface area contributed by atoms with E-state index < -0.39 is 5.60 Å². The second-order valence-electron chi connectivity index (χ2n) is 6.64. The molecule has 1 N–H and O–H groups in total. The molecule has 21 heavy (non-hydrogen) atoms. The first-order chi connectivity index (χ1) is 9.94. The van der Waals surface area contributed by atoms with Gasteiger partial charge in [0.2, 0.25) is 0 Å². The van der Waals surface area contributed by atoms with E-state index in [1.54, 1.807) is 7.11 Å². The first kappa shape index (κ1) is 15.9. The van der Waals surface area contributed by atoms with Gasteiger partial charge in [0, 0.05) is 11.5 Å². The fourth-order valence-corrected chi connectivity index (χ4v) is 3.40. The number of benzene rings is 1. The van der Waals surface area contributed by atoms with E-state index in [9.17, 15) is 5.11 Å². The molecule has 0 unspecified atom stereocenters.